The zero-order valence-electron chi connectivity index (χ0n) is 17.2. The fraction of sp³-hybridized carbons (Fsp3) is 0.273. The van der Waals surface area contributed by atoms with Crippen molar-refractivity contribution in [3.63, 3.8) is 0 Å². The maximum absolute atomic E-state index is 12.3. The Bertz CT molecular complexity index is 1050. The number of carbonyl (C=O) groups is 1. The molecule has 0 atom stereocenters. The summed E-state index contributed by atoms with van der Waals surface area (Å²) in [6, 6.07) is 11.5. The standard InChI is InChI=1S/C22H22N2O5S2/c1-26-17-5-15(6-18(9-17)27-2)11-30-22-24-16(12-31-22)8-21(25)23-10-14-3-4-19-20(7-14)29-13-28-19/h3-7,9,12H,8,10-11,13H2,1-2H3,(H,23,25). The molecule has 2 heterocycles. The third-order valence-electron chi connectivity index (χ3n) is 4.57. The van der Waals surface area contributed by atoms with E-state index in [1.165, 1.54) is 11.3 Å². The van der Waals surface area contributed by atoms with E-state index in [9.17, 15) is 4.79 Å². The quantitative estimate of drug-likeness (QED) is 0.485. The summed E-state index contributed by atoms with van der Waals surface area (Å²) in [5.41, 5.74) is 2.80. The molecule has 0 saturated heterocycles. The molecule has 0 bridgehead atoms. The van der Waals surface area contributed by atoms with Crippen LogP contribution in [0.1, 0.15) is 16.8 Å². The molecule has 1 aromatic heterocycles. The van der Waals surface area contributed by atoms with Gasteiger partial charge in [-0.25, -0.2) is 4.98 Å². The smallest absolute Gasteiger partial charge is 0.231 e. The Morgan fingerprint density at radius 3 is 2.65 bits per heavy atom. The van der Waals surface area contributed by atoms with E-state index in [0.717, 1.165) is 44.2 Å². The average Bonchev–Trinajstić information content (AvgIpc) is 3.44. The number of hydrogen-bond acceptors (Lipinski definition) is 8. The number of aromatic nitrogens is 1. The number of carbonyl (C=O) groups excluding carboxylic acids is 1. The van der Waals surface area contributed by atoms with Crippen molar-refractivity contribution in [1.29, 1.82) is 0 Å². The van der Waals surface area contributed by atoms with Gasteiger partial charge in [0, 0.05) is 23.7 Å². The topological polar surface area (TPSA) is 78.9 Å². The van der Waals surface area contributed by atoms with Gasteiger partial charge in [0.15, 0.2) is 11.5 Å². The van der Waals surface area contributed by atoms with Gasteiger partial charge in [0.1, 0.15) is 15.8 Å². The van der Waals surface area contributed by atoms with E-state index >= 15 is 0 Å². The van der Waals surface area contributed by atoms with Crippen molar-refractivity contribution < 1.29 is 23.7 Å². The first-order valence-electron chi connectivity index (χ1n) is 9.57. The number of hydrogen-bond donors (Lipinski definition) is 1. The van der Waals surface area contributed by atoms with Crippen LogP contribution in [0.4, 0.5) is 0 Å². The lowest BCUT2D eigenvalue weighted by Crippen LogP contribution is -2.24. The molecule has 9 heteroatoms. The van der Waals surface area contributed by atoms with Gasteiger partial charge in [0.25, 0.3) is 0 Å². The minimum Gasteiger partial charge on any atom is -0.497 e. The summed E-state index contributed by atoms with van der Waals surface area (Å²) < 4.78 is 22.2. The summed E-state index contributed by atoms with van der Waals surface area (Å²) in [4.78, 5) is 16.9. The van der Waals surface area contributed by atoms with Crippen LogP contribution in [0.3, 0.4) is 0 Å². The number of thioether (sulfide) groups is 1. The number of methoxy groups -OCH3 is 2. The molecule has 1 N–H and O–H groups in total. The Morgan fingerprint density at radius 2 is 1.87 bits per heavy atom. The Morgan fingerprint density at radius 1 is 1.10 bits per heavy atom. The minimum absolute atomic E-state index is 0.0722. The van der Waals surface area contributed by atoms with Crippen LogP contribution in [-0.2, 0) is 23.5 Å². The monoisotopic (exact) mass is 458 g/mol. The maximum atomic E-state index is 12.3. The van der Waals surface area contributed by atoms with Crippen LogP contribution in [0, 0.1) is 0 Å². The first-order chi connectivity index (χ1) is 15.1. The second kappa shape index (κ2) is 9.93. The summed E-state index contributed by atoms with van der Waals surface area (Å²) in [5.74, 6) is 3.62. The van der Waals surface area contributed by atoms with E-state index in [1.807, 2.05) is 41.8 Å². The fourth-order valence-electron chi connectivity index (χ4n) is 3.01. The van der Waals surface area contributed by atoms with Crippen molar-refractivity contribution in [3.05, 3.63) is 58.6 Å². The lowest BCUT2D eigenvalue weighted by molar-refractivity contribution is -0.120. The zero-order chi connectivity index (χ0) is 21.6. The van der Waals surface area contributed by atoms with Crippen molar-refractivity contribution in [3.8, 4) is 23.0 Å². The molecule has 1 aliphatic heterocycles. The highest BCUT2D eigenvalue weighted by atomic mass is 32.2. The van der Waals surface area contributed by atoms with Crippen LogP contribution in [-0.4, -0.2) is 31.9 Å². The molecule has 0 unspecified atom stereocenters. The SMILES string of the molecule is COc1cc(CSc2nc(CC(=O)NCc3ccc4c(c3)OCO4)cs2)cc(OC)c1. The fourth-order valence-corrected chi connectivity index (χ4v) is 4.78. The number of fused-ring (bicyclic) bond motifs is 1. The van der Waals surface area contributed by atoms with E-state index < -0.39 is 0 Å². The van der Waals surface area contributed by atoms with Gasteiger partial charge in [0.2, 0.25) is 12.7 Å². The lowest BCUT2D eigenvalue weighted by atomic mass is 10.2. The number of nitrogens with zero attached hydrogens (tertiary/aromatic N) is 1. The predicted molar refractivity (Wildman–Crippen MR) is 119 cm³/mol. The Kier molecular flexibility index (Phi) is 6.83. The van der Waals surface area contributed by atoms with Crippen LogP contribution in [0.2, 0.25) is 0 Å². The molecule has 0 fully saturated rings. The summed E-state index contributed by atoms with van der Waals surface area (Å²) >= 11 is 3.16. The van der Waals surface area contributed by atoms with E-state index in [-0.39, 0.29) is 19.1 Å². The number of nitrogens with one attached hydrogen (secondary N) is 1. The normalized spacial score (nSPS) is 11.9. The number of amides is 1. The average molecular weight is 459 g/mol. The first kappa shape index (κ1) is 21.3. The van der Waals surface area contributed by atoms with E-state index in [1.54, 1.807) is 26.0 Å². The number of ether oxygens (including phenoxy) is 4. The minimum atomic E-state index is -0.0722. The largest absolute Gasteiger partial charge is 0.497 e. The molecule has 0 aliphatic carbocycles. The van der Waals surface area contributed by atoms with Crippen molar-refractivity contribution in [2.24, 2.45) is 0 Å². The highest BCUT2D eigenvalue weighted by Gasteiger charge is 2.14. The van der Waals surface area contributed by atoms with Gasteiger partial charge >= 0.3 is 0 Å². The molecule has 0 saturated carbocycles. The Labute approximate surface area is 188 Å². The van der Waals surface area contributed by atoms with Crippen molar-refractivity contribution in [1.82, 2.24) is 10.3 Å². The molecule has 3 aromatic rings. The highest BCUT2D eigenvalue weighted by Crippen LogP contribution is 2.32. The van der Waals surface area contributed by atoms with Crippen molar-refractivity contribution >= 4 is 29.0 Å². The van der Waals surface area contributed by atoms with Crippen LogP contribution < -0.4 is 24.3 Å². The molecular weight excluding hydrogens is 436 g/mol. The van der Waals surface area contributed by atoms with Gasteiger partial charge in [-0.1, -0.05) is 17.8 Å². The predicted octanol–water partition coefficient (Wildman–Crippen LogP) is 4.04. The Balaban J connectivity index is 1.27. The maximum Gasteiger partial charge on any atom is 0.231 e. The second-order valence-corrected chi connectivity index (χ2v) is 8.84. The van der Waals surface area contributed by atoms with Crippen molar-refractivity contribution in [2.45, 2.75) is 23.1 Å². The summed E-state index contributed by atoms with van der Waals surface area (Å²) in [6.07, 6.45) is 0.245. The summed E-state index contributed by atoms with van der Waals surface area (Å²) in [5, 5.41) is 4.85. The first-order valence-corrected chi connectivity index (χ1v) is 11.4. The molecular formula is C22H22N2O5S2. The molecule has 31 heavy (non-hydrogen) atoms. The van der Waals surface area contributed by atoms with E-state index in [4.69, 9.17) is 18.9 Å². The molecule has 0 radical (unpaired) electrons. The molecule has 162 valence electrons. The zero-order valence-corrected chi connectivity index (χ0v) is 18.8. The third-order valence-corrected chi connectivity index (χ3v) is 6.71. The van der Waals surface area contributed by atoms with Gasteiger partial charge < -0.3 is 24.3 Å². The van der Waals surface area contributed by atoms with Crippen LogP contribution >= 0.6 is 23.1 Å². The number of benzene rings is 2. The van der Waals surface area contributed by atoms with Crippen LogP contribution in [0.5, 0.6) is 23.0 Å². The van der Waals surface area contributed by atoms with E-state index in [0.29, 0.717) is 12.3 Å². The van der Waals surface area contributed by atoms with Gasteiger partial charge in [-0.2, -0.15) is 0 Å². The molecule has 7 nitrogen and oxygen atoms in total. The van der Waals surface area contributed by atoms with Gasteiger partial charge in [-0.05, 0) is 35.4 Å². The van der Waals surface area contributed by atoms with E-state index in [2.05, 4.69) is 10.3 Å². The lowest BCUT2D eigenvalue weighted by Gasteiger charge is -2.07. The summed E-state index contributed by atoms with van der Waals surface area (Å²) in [7, 11) is 3.27. The molecule has 2 aromatic carbocycles. The Hall–Kier alpha value is -2.91. The highest BCUT2D eigenvalue weighted by molar-refractivity contribution is 8.00. The molecule has 0 spiro atoms. The van der Waals surface area contributed by atoms with Crippen LogP contribution in [0.25, 0.3) is 0 Å². The summed E-state index contributed by atoms with van der Waals surface area (Å²) in [6.45, 7) is 0.666. The molecule has 4 rings (SSSR count). The van der Waals surface area contributed by atoms with Crippen molar-refractivity contribution in [2.75, 3.05) is 21.0 Å². The second-order valence-electron chi connectivity index (χ2n) is 6.76. The molecule has 1 aliphatic rings. The molecule has 1 amide bonds. The van der Waals surface area contributed by atoms with Gasteiger partial charge in [-0.3, -0.25) is 4.79 Å². The number of thiazole rings is 1. The third kappa shape index (κ3) is 5.62. The van der Waals surface area contributed by atoms with Gasteiger partial charge in [-0.15, -0.1) is 11.3 Å². The van der Waals surface area contributed by atoms with Gasteiger partial charge in [0.05, 0.1) is 26.3 Å². The number of rotatable bonds is 9. The van der Waals surface area contributed by atoms with Crippen LogP contribution in [0.15, 0.2) is 46.1 Å².